The second-order valence-electron chi connectivity index (χ2n) is 4.67. The lowest BCUT2D eigenvalue weighted by Crippen LogP contribution is -2.16. The molecule has 0 aliphatic heterocycles. The Morgan fingerprint density at radius 2 is 1.75 bits per heavy atom. The number of ether oxygens (including phenoxy) is 2. The fourth-order valence-electron chi connectivity index (χ4n) is 2.08. The van der Waals surface area contributed by atoms with Crippen molar-refractivity contribution in [1.29, 1.82) is 0 Å². The molecule has 0 spiro atoms. The summed E-state index contributed by atoms with van der Waals surface area (Å²) in [5, 5.41) is 0. The first-order chi connectivity index (χ1) is 9.62. The average Bonchev–Trinajstić information content (AvgIpc) is 2.46. The lowest BCUT2D eigenvalue weighted by molar-refractivity contribution is 0.414. The molecule has 20 heavy (non-hydrogen) atoms. The summed E-state index contributed by atoms with van der Waals surface area (Å²) in [4.78, 5) is 2.12. The summed E-state index contributed by atoms with van der Waals surface area (Å²) in [6, 6.07) is 13.7. The Bertz CT molecular complexity index is 584. The summed E-state index contributed by atoms with van der Waals surface area (Å²) in [6.07, 6.45) is 0. The van der Waals surface area contributed by atoms with Crippen molar-refractivity contribution in [2.75, 3.05) is 31.9 Å². The van der Waals surface area contributed by atoms with Gasteiger partial charge in [-0.25, -0.2) is 0 Å². The average molecular weight is 272 g/mol. The van der Waals surface area contributed by atoms with Crippen molar-refractivity contribution >= 4 is 11.4 Å². The highest BCUT2D eigenvalue weighted by Crippen LogP contribution is 2.26. The summed E-state index contributed by atoms with van der Waals surface area (Å²) in [6.45, 7) is 0.768. The Kier molecular flexibility index (Phi) is 4.35. The van der Waals surface area contributed by atoms with Gasteiger partial charge in [0.15, 0.2) is 0 Å². The number of nitrogens with zero attached hydrogens (tertiary/aromatic N) is 1. The summed E-state index contributed by atoms with van der Waals surface area (Å²) in [5.41, 5.74) is 8.77. The van der Waals surface area contributed by atoms with E-state index >= 15 is 0 Å². The molecule has 2 aromatic rings. The fraction of sp³-hybridized carbons (Fsp3) is 0.250. The first kappa shape index (κ1) is 14.1. The van der Waals surface area contributed by atoms with Crippen molar-refractivity contribution in [3.05, 3.63) is 48.0 Å². The zero-order valence-electron chi connectivity index (χ0n) is 12.1. The van der Waals surface area contributed by atoms with Crippen LogP contribution < -0.4 is 20.1 Å². The minimum absolute atomic E-state index is 0.692. The zero-order valence-corrected chi connectivity index (χ0v) is 12.1. The van der Waals surface area contributed by atoms with Crippen molar-refractivity contribution in [1.82, 2.24) is 0 Å². The monoisotopic (exact) mass is 272 g/mol. The quantitative estimate of drug-likeness (QED) is 0.850. The number of rotatable bonds is 5. The molecule has 0 saturated carbocycles. The van der Waals surface area contributed by atoms with Gasteiger partial charge >= 0.3 is 0 Å². The van der Waals surface area contributed by atoms with Gasteiger partial charge in [-0.15, -0.1) is 0 Å². The molecule has 4 nitrogen and oxygen atoms in total. The predicted octanol–water partition coefficient (Wildman–Crippen LogP) is 2.92. The van der Waals surface area contributed by atoms with E-state index in [1.807, 2.05) is 43.4 Å². The van der Waals surface area contributed by atoms with E-state index in [0.29, 0.717) is 5.69 Å². The van der Waals surface area contributed by atoms with Crippen LogP contribution in [0.1, 0.15) is 5.56 Å². The molecule has 0 amide bonds. The maximum Gasteiger partial charge on any atom is 0.122 e. The van der Waals surface area contributed by atoms with E-state index in [0.717, 1.165) is 23.7 Å². The lowest BCUT2D eigenvalue weighted by Gasteiger charge is -2.21. The van der Waals surface area contributed by atoms with Crippen molar-refractivity contribution in [2.45, 2.75) is 6.54 Å². The maximum atomic E-state index is 5.89. The molecule has 0 aromatic heterocycles. The van der Waals surface area contributed by atoms with Crippen LogP contribution in [0.2, 0.25) is 0 Å². The number of methoxy groups -OCH3 is 2. The zero-order chi connectivity index (χ0) is 14.5. The Morgan fingerprint density at radius 1 is 1.00 bits per heavy atom. The molecule has 2 aromatic carbocycles. The third-order valence-electron chi connectivity index (χ3n) is 3.14. The highest BCUT2D eigenvalue weighted by atomic mass is 16.5. The molecule has 0 aliphatic rings. The Hall–Kier alpha value is -2.36. The third-order valence-corrected chi connectivity index (χ3v) is 3.14. The first-order valence-corrected chi connectivity index (χ1v) is 6.41. The van der Waals surface area contributed by atoms with Gasteiger partial charge in [0, 0.05) is 37.1 Å². The van der Waals surface area contributed by atoms with E-state index in [-0.39, 0.29) is 0 Å². The lowest BCUT2D eigenvalue weighted by atomic mass is 10.2. The van der Waals surface area contributed by atoms with Gasteiger partial charge in [-0.2, -0.15) is 0 Å². The third kappa shape index (κ3) is 3.35. The number of nitrogen functional groups attached to an aromatic ring is 1. The molecule has 0 atom stereocenters. The molecule has 0 bridgehead atoms. The predicted molar refractivity (Wildman–Crippen MR) is 82.5 cm³/mol. The van der Waals surface area contributed by atoms with Crippen molar-refractivity contribution < 1.29 is 9.47 Å². The van der Waals surface area contributed by atoms with Crippen molar-refractivity contribution in [2.24, 2.45) is 0 Å². The van der Waals surface area contributed by atoms with E-state index in [1.54, 1.807) is 14.2 Å². The van der Waals surface area contributed by atoms with E-state index in [1.165, 1.54) is 5.56 Å². The van der Waals surface area contributed by atoms with Crippen LogP contribution in [0.25, 0.3) is 0 Å². The van der Waals surface area contributed by atoms with Gasteiger partial charge in [-0.1, -0.05) is 12.1 Å². The normalized spacial score (nSPS) is 10.2. The Balaban J connectivity index is 2.18. The molecular formula is C16H20N2O2. The summed E-state index contributed by atoms with van der Waals surface area (Å²) in [7, 11) is 5.33. The number of hydrogen-bond donors (Lipinski definition) is 1. The van der Waals surface area contributed by atoms with Crippen LogP contribution in [0.5, 0.6) is 11.5 Å². The molecule has 2 N–H and O–H groups in total. The molecule has 0 unspecified atom stereocenters. The number of nitrogens with two attached hydrogens (primary N) is 1. The summed E-state index contributed by atoms with van der Waals surface area (Å²) < 4.78 is 10.5. The minimum atomic E-state index is 0.692. The van der Waals surface area contributed by atoms with Crippen LogP contribution in [0.3, 0.4) is 0 Å². The second kappa shape index (κ2) is 6.19. The largest absolute Gasteiger partial charge is 0.497 e. The Labute approximate surface area is 119 Å². The molecule has 4 heteroatoms. The van der Waals surface area contributed by atoms with Gasteiger partial charge in [-0.05, 0) is 23.8 Å². The van der Waals surface area contributed by atoms with Crippen LogP contribution in [0.15, 0.2) is 42.5 Å². The van der Waals surface area contributed by atoms with Crippen LogP contribution in [0, 0.1) is 0 Å². The SMILES string of the molecule is COc1cccc(CN(C)c2cc(N)cc(OC)c2)c1. The summed E-state index contributed by atoms with van der Waals surface area (Å²) >= 11 is 0. The van der Waals surface area contributed by atoms with Crippen LogP contribution in [0.4, 0.5) is 11.4 Å². The van der Waals surface area contributed by atoms with Gasteiger partial charge in [0.05, 0.1) is 14.2 Å². The van der Waals surface area contributed by atoms with E-state index in [2.05, 4.69) is 11.0 Å². The standard InChI is InChI=1S/C16H20N2O2/c1-18(11-12-5-4-6-15(7-12)19-2)14-8-13(17)9-16(10-14)20-3/h4-10H,11,17H2,1-3H3. The molecular weight excluding hydrogens is 252 g/mol. The van der Waals surface area contributed by atoms with E-state index in [4.69, 9.17) is 15.2 Å². The summed E-state index contributed by atoms with van der Waals surface area (Å²) in [5.74, 6) is 1.62. The smallest absolute Gasteiger partial charge is 0.122 e. The molecule has 2 rings (SSSR count). The number of hydrogen-bond acceptors (Lipinski definition) is 4. The van der Waals surface area contributed by atoms with Gasteiger partial charge in [-0.3, -0.25) is 0 Å². The number of benzene rings is 2. The van der Waals surface area contributed by atoms with Crippen molar-refractivity contribution in [3.63, 3.8) is 0 Å². The molecule has 0 fully saturated rings. The second-order valence-corrected chi connectivity index (χ2v) is 4.67. The topological polar surface area (TPSA) is 47.7 Å². The highest BCUT2D eigenvalue weighted by Gasteiger charge is 2.06. The molecule has 0 aliphatic carbocycles. The van der Waals surface area contributed by atoms with Crippen LogP contribution in [-0.4, -0.2) is 21.3 Å². The molecule has 0 heterocycles. The Morgan fingerprint density at radius 3 is 2.45 bits per heavy atom. The fourth-order valence-corrected chi connectivity index (χ4v) is 2.08. The van der Waals surface area contributed by atoms with Gasteiger partial charge in [0.2, 0.25) is 0 Å². The van der Waals surface area contributed by atoms with E-state index in [9.17, 15) is 0 Å². The number of anilines is 2. The van der Waals surface area contributed by atoms with E-state index < -0.39 is 0 Å². The van der Waals surface area contributed by atoms with Crippen molar-refractivity contribution in [3.8, 4) is 11.5 Å². The molecule has 0 saturated heterocycles. The minimum Gasteiger partial charge on any atom is -0.497 e. The maximum absolute atomic E-state index is 5.89. The molecule has 0 radical (unpaired) electrons. The highest BCUT2D eigenvalue weighted by molar-refractivity contribution is 5.60. The first-order valence-electron chi connectivity index (χ1n) is 6.41. The van der Waals surface area contributed by atoms with Gasteiger partial charge < -0.3 is 20.1 Å². The van der Waals surface area contributed by atoms with Gasteiger partial charge in [0.1, 0.15) is 11.5 Å². The van der Waals surface area contributed by atoms with Crippen LogP contribution >= 0.6 is 0 Å². The van der Waals surface area contributed by atoms with Gasteiger partial charge in [0.25, 0.3) is 0 Å². The molecule has 106 valence electrons. The van der Waals surface area contributed by atoms with Crippen LogP contribution in [-0.2, 0) is 6.54 Å².